The Balaban J connectivity index is 1.63. The Labute approximate surface area is 148 Å². The van der Waals surface area contributed by atoms with Crippen LogP contribution in [0, 0.1) is 6.92 Å². The highest BCUT2D eigenvalue weighted by Gasteiger charge is 2.18. The maximum absolute atomic E-state index is 12.4. The standard InChI is InChI=1S/C19H26N4O2/c1-14-18(12-21-22(14)2)19(25)20-11-15-5-3-4-6-16(15)13-23-9-7-17(24)8-10-23/h3-6,12,17,24H,7-11,13H2,1-2H3,(H,20,25). The average Bonchev–Trinajstić information content (AvgIpc) is 2.95. The number of carbonyl (C=O) groups is 1. The second kappa shape index (κ2) is 7.80. The molecule has 3 rings (SSSR count). The molecule has 2 aromatic rings. The first-order valence-corrected chi connectivity index (χ1v) is 8.78. The summed E-state index contributed by atoms with van der Waals surface area (Å²) in [7, 11) is 1.83. The molecule has 0 saturated carbocycles. The third-order valence-corrected chi connectivity index (χ3v) is 4.99. The summed E-state index contributed by atoms with van der Waals surface area (Å²) in [6.45, 7) is 5.07. The van der Waals surface area contributed by atoms with E-state index in [1.54, 1.807) is 10.9 Å². The van der Waals surface area contributed by atoms with Gasteiger partial charge in [-0.05, 0) is 30.9 Å². The summed E-state index contributed by atoms with van der Waals surface area (Å²) in [5, 5.41) is 16.8. The average molecular weight is 342 g/mol. The van der Waals surface area contributed by atoms with Crippen LogP contribution in [0.25, 0.3) is 0 Å². The molecule has 134 valence electrons. The van der Waals surface area contributed by atoms with Gasteiger partial charge in [0.25, 0.3) is 5.91 Å². The van der Waals surface area contributed by atoms with Crippen molar-refractivity contribution in [3.05, 3.63) is 52.8 Å². The van der Waals surface area contributed by atoms with E-state index in [0.29, 0.717) is 12.1 Å². The molecule has 0 atom stereocenters. The molecule has 0 spiro atoms. The predicted octanol–water partition coefficient (Wildman–Crippen LogP) is 1.62. The van der Waals surface area contributed by atoms with Gasteiger partial charge in [-0.1, -0.05) is 24.3 Å². The molecule has 1 amide bonds. The molecule has 0 bridgehead atoms. The van der Waals surface area contributed by atoms with Crippen LogP contribution in [0.1, 0.15) is 40.0 Å². The highest BCUT2D eigenvalue weighted by Crippen LogP contribution is 2.17. The molecule has 25 heavy (non-hydrogen) atoms. The van der Waals surface area contributed by atoms with E-state index in [9.17, 15) is 9.90 Å². The zero-order valence-electron chi connectivity index (χ0n) is 14.9. The SMILES string of the molecule is Cc1c(C(=O)NCc2ccccc2CN2CCC(O)CC2)cnn1C. The van der Waals surface area contributed by atoms with Crippen LogP contribution in [0.3, 0.4) is 0 Å². The Morgan fingerprint density at radius 2 is 1.96 bits per heavy atom. The van der Waals surface area contributed by atoms with Crippen molar-refractivity contribution in [2.24, 2.45) is 7.05 Å². The van der Waals surface area contributed by atoms with Gasteiger partial charge in [0.05, 0.1) is 17.9 Å². The first-order valence-electron chi connectivity index (χ1n) is 8.78. The lowest BCUT2D eigenvalue weighted by Gasteiger charge is -2.30. The zero-order valence-corrected chi connectivity index (χ0v) is 14.9. The van der Waals surface area contributed by atoms with E-state index in [2.05, 4.69) is 27.4 Å². The Kier molecular flexibility index (Phi) is 5.50. The number of carbonyl (C=O) groups excluding carboxylic acids is 1. The van der Waals surface area contributed by atoms with Crippen LogP contribution >= 0.6 is 0 Å². The highest BCUT2D eigenvalue weighted by atomic mass is 16.3. The van der Waals surface area contributed by atoms with Crippen LogP contribution in [0.15, 0.2) is 30.5 Å². The predicted molar refractivity (Wildman–Crippen MR) is 96.1 cm³/mol. The normalized spacial score (nSPS) is 16.1. The maximum Gasteiger partial charge on any atom is 0.255 e. The molecule has 1 aliphatic rings. The molecular formula is C19H26N4O2. The van der Waals surface area contributed by atoms with Crippen molar-refractivity contribution >= 4 is 5.91 Å². The van der Waals surface area contributed by atoms with E-state index >= 15 is 0 Å². The van der Waals surface area contributed by atoms with Crippen molar-refractivity contribution in [3.8, 4) is 0 Å². The number of likely N-dealkylation sites (tertiary alicyclic amines) is 1. The lowest BCUT2D eigenvalue weighted by molar-refractivity contribution is 0.0790. The number of nitrogens with zero attached hydrogens (tertiary/aromatic N) is 3. The van der Waals surface area contributed by atoms with E-state index in [1.165, 1.54) is 5.56 Å². The number of benzene rings is 1. The van der Waals surface area contributed by atoms with Gasteiger partial charge in [0, 0.05) is 38.9 Å². The monoisotopic (exact) mass is 342 g/mol. The first kappa shape index (κ1) is 17.6. The Morgan fingerprint density at radius 1 is 1.28 bits per heavy atom. The van der Waals surface area contributed by atoms with E-state index in [-0.39, 0.29) is 12.0 Å². The van der Waals surface area contributed by atoms with Gasteiger partial charge in [-0.3, -0.25) is 14.4 Å². The van der Waals surface area contributed by atoms with Crippen molar-refractivity contribution in [1.82, 2.24) is 20.0 Å². The largest absolute Gasteiger partial charge is 0.393 e. The summed E-state index contributed by atoms with van der Waals surface area (Å²) in [5.41, 5.74) is 3.83. The Morgan fingerprint density at radius 3 is 2.60 bits per heavy atom. The van der Waals surface area contributed by atoms with Gasteiger partial charge in [0.1, 0.15) is 0 Å². The van der Waals surface area contributed by atoms with Gasteiger partial charge in [-0.25, -0.2) is 0 Å². The molecule has 2 heterocycles. The summed E-state index contributed by atoms with van der Waals surface area (Å²) in [5.74, 6) is -0.0958. The second-order valence-corrected chi connectivity index (χ2v) is 6.73. The molecular weight excluding hydrogens is 316 g/mol. The molecule has 6 nitrogen and oxygen atoms in total. The van der Waals surface area contributed by atoms with Crippen molar-refractivity contribution in [2.75, 3.05) is 13.1 Å². The Hall–Kier alpha value is -2.18. The molecule has 0 aliphatic carbocycles. The third kappa shape index (κ3) is 4.27. The van der Waals surface area contributed by atoms with Gasteiger partial charge >= 0.3 is 0 Å². The van der Waals surface area contributed by atoms with E-state index in [4.69, 9.17) is 0 Å². The van der Waals surface area contributed by atoms with Crippen LogP contribution in [0.2, 0.25) is 0 Å². The van der Waals surface area contributed by atoms with Gasteiger partial charge < -0.3 is 10.4 Å². The zero-order chi connectivity index (χ0) is 17.8. The fraction of sp³-hybridized carbons (Fsp3) is 0.474. The molecule has 0 radical (unpaired) electrons. The van der Waals surface area contributed by atoms with Crippen LogP contribution in [-0.4, -0.2) is 44.9 Å². The van der Waals surface area contributed by atoms with Crippen LogP contribution in [-0.2, 0) is 20.1 Å². The molecule has 1 fully saturated rings. The number of aliphatic hydroxyl groups excluding tert-OH is 1. The lowest BCUT2D eigenvalue weighted by atomic mass is 10.0. The van der Waals surface area contributed by atoms with Crippen LogP contribution in [0.5, 0.6) is 0 Å². The molecule has 1 aliphatic heterocycles. The van der Waals surface area contributed by atoms with E-state index in [0.717, 1.165) is 43.7 Å². The molecule has 1 saturated heterocycles. The lowest BCUT2D eigenvalue weighted by Crippen LogP contribution is -2.35. The van der Waals surface area contributed by atoms with Crippen molar-refractivity contribution in [2.45, 2.75) is 39.0 Å². The number of rotatable bonds is 5. The fourth-order valence-electron chi connectivity index (χ4n) is 3.19. The summed E-state index contributed by atoms with van der Waals surface area (Å²) in [4.78, 5) is 14.7. The summed E-state index contributed by atoms with van der Waals surface area (Å²) >= 11 is 0. The summed E-state index contributed by atoms with van der Waals surface area (Å²) < 4.78 is 1.70. The van der Waals surface area contributed by atoms with Gasteiger partial charge in [0.2, 0.25) is 0 Å². The van der Waals surface area contributed by atoms with Gasteiger partial charge in [0.15, 0.2) is 0 Å². The maximum atomic E-state index is 12.4. The number of hydrogen-bond acceptors (Lipinski definition) is 4. The summed E-state index contributed by atoms with van der Waals surface area (Å²) in [6, 6.07) is 8.21. The van der Waals surface area contributed by atoms with E-state index in [1.807, 2.05) is 26.1 Å². The first-order chi connectivity index (χ1) is 12.0. The van der Waals surface area contributed by atoms with Crippen LogP contribution < -0.4 is 5.32 Å². The number of aliphatic hydroxyl groups is 1. The number of hydrogen-bond donors (Lipinski definition) is 2. The minimum Gasteiger partial charge on any atom is -0.393 e. The van der Waals surface area contributed by atoms with Crippen LogP contribution in [0.4, 0.5) is 0 Å². The molecule has 1 aromatic carbocycles. The molecule has 6 heteroatoms. The number of aryl methyl sites for hydroxylation is 1. The number of nitrogens with one attached hydrogen (secondary N) is 1. The van der Waals surface area contributed by atoms with Crippen molar-refractivity contribution < 1.29 is 9.90 Å². The number of amides is 1. The second-order valence-electron chi connectivity index (χ2n) is 6.73. The minimum absolute atomic E-state index is 0.0958. The molecule has 2 N–H and O–H groups in total. The summed E-state index contributed by atoms with van der Waals surface area (Å²) in [6.07, 6.45) is 3.11. The topological polar surface area (TPSA) is 70.4 Å². The number of aromatic nitrogens is 2. The van der Waals surface area contributed by atoms with Crippen molar-refractivity contribution in [1.29, 1.82) is 0 Å². The smallest absolute Gasteiger partial charge is 0.255 e. The van der Waals surface area contributed by atoms with Gasteiger partial charge in [-0.15, -0.1) is 0 Å². The number of piperidine rings is 1. The van der Waals surface area contributed by atoms with E-state index < -0.39 is 0 Å². The highest BCUT2D eigenvalue weighted by molar-refractivity contribution is 5.94. The van der Waals surface area contributed by atoms with Crippen molar-refractivity contribution in [3.63, 3.8) is 0 Å². The molecule has 0 unspecified atom stereocenters. The fourth-order valence-corrected chi connectivity index (χ4v) is 3.19. The third-order valence-electron chi connectivity index (χ3n) is 4.99. The molecule has 1 aromatic heterocycles. The minimum atomic E-state index is -0.159. The quantitative estimate of drug-likeness (QED) is 0.866. The van der Waals surface area contributed by atoms with Gasteiger partial charge in [-0.2, -0.15) is 5.10 Å². The Bertz CT molecular complexity index is 733.